The second-order valence-electron chi connectivity index (χ2n) is 10.5. The van der Waals surface area contributed by atoms with Gasteiger partial charge in [-0.2, -0.15) is 0 Å². The lowest BCUT2D eigenvalue weighted by Gasteiger charge is -2.59. The minimum Gasteiger partial charge on any atom is -0.489 e. The van der Waals surface area contributed by atoms with Crippen LogP contribution in [0.15, 0.2) is 28.8 Å². The summed E-state index contributed by atoms with van der Waals surface area (Å²) in [5.74, 6) is 4.42. The van der Waals surface area contributed by atoms with E-state index in [1.54, 1.807) is 0 Å². The minimum atomic E-state index is 0.132. The maximum Gasteiger partial charge on any atom is 0.224 e. The van der Waals surface area contributed by atoms with Crippen LogP contribution in [0.3, 0.4) is 0 Å². The van der Waals surface area contributed by atoms with E-state index in [0.29, 0.717) is 18.4 Å². The Kier molecular flexibility index (Phi) is 5.31. The van der Waals surface area contributed by atoms with Crippen molar-refractivity contribution in [3.63, 3.8) is 0 Å². The number of amides is 1. The molecule has 5 heteroatoms. The third-order valence-corrected chi connectivity index (χ3v) is 8.23. The lowest BCUT2D eigenvalue weighted by atomic mass is 9.48. The summed E-state index contributed by atoms with van der Waals surface area (Å²) in [4.78, 5) is 12.8. The molecule has 4 aliphatic carbocycles. The van der Waals surface area contributed by atoms with Crippen LogP contribution < -0.4 is 10.1 Å². The van der Waals surface area contributed by atoms with Gasteiger partial charge in [0.2, 0.25) is 5.91 Å². The van der Waals surface area contributed by atoms with E-state index in [1.165, 1.54) is 38.5 Å². The van der Waals surface area contributed by atoms with Crippen LogP contribution in [-0.2, 0) is 17.8 Å². The summed E-state index contributed by atoms with van der Waals surface area (Å²) in [7, 11) is 0. The van der Waals surface area contributed by atoms with Crippen molar-refractivity contribution in [2.24, 2.45) is 23.2 Å². The predicted molar refractivity (Wildman–Crippen MR) is 119 cm³/mol. The Bertz CT molecular complexity index is 891. The van der Waals surface area contributed by atoms with E-state index in [2.05, 4.69) is 17.4 Å². The van der Waals surface area contributed by atoms with E-state index >= 15 is 0 Å². The summed E-state index contributed by atoms with van der Waals surface area (Å²) in [5, 5.41) is 7.33. The predicted octanol–water partition coefficient (Wildman–Crippen LogP) is 5.13. The first-order valence-electron chi connectivity index (χ1n) is 11.8. The molecule has 0 radical (unpaired) electrons. The first-order chi connectivity index (χ1) is 14.9. The second-order valence-corrected chi connectivity index (χ2v) is 10.5. The third kappa shape index (κ3) is 4.11. The van der Waals surface area contributed by atoms with Crippen LogP contribution in [0, 0.1) is 37.0 Å². The van der Waals surface area contributed by atoms with Crippen molar-refractivity contribution in [1.29, 1.82) is 0 Å². The van der Waals surface area contributed by atoms with Crippen LogP contribution in [-0.4, -0.2) is 17.1 Å². The molecule has 4 aliphatic rings. The van der Waals surface area contributed by atoms with Crippen LogP contribution >= 0.6 is 0 Å². The van der Waals surface area contributed by atoms with E-state index in [4.69, 9.17) is 9.26 Å². The molecule has 4 saturated carbocycles. The first kappa shape index (κ1) is 20.6. The Morgan fingerprint density at radius 2 is 1.74 bits per heavy atom. The van der Waals surface area contributed by atoms with Crippen molar-refractivity contribution in [2.45, 2.75) is 78.4 Å². The lowest BCUT2D eigenvalue weighted by molar-refractivity contribution is -0.125. The van der Waals surface area contributed by atoms with E-state index in [1.807, 2.05) is 38.1 Å². The first-order valence-corrected chi connectivity index (χ1v) is 11.8. The highest BCUT2D eigenvalue weighted by atomic mass is 16.5. The van der Waals surface area contributed by atoms with Gasteiger partial charge >= 0.3 is 0 Å². The molecule has 1 N–H and O–H groups in total. The van der Waals surface area contributed by atoms with Crippen LogP contribution in [0.4, 0.5) is 0 Å². The molecule has 166 valence electrons. The number of carbonyl (C=O) groups is 1. The monoisotopic (exact) mass is 422 g/mol. The number of carbonyl (C=O) groups excluding carboxylic acids is 1. The summed E-state index contributed by atoms with van der Waals surface area (Å²) < 4.78 is 11.1. The zero-order valence-corrected chi connectivity index (χ0v) is 18.9. The van der Waals surface area contributed by atoms with Gasteiger partial charge < -0.3 is 14.6 Å². The fraction of sp³-hybridized carbons (Fsp3) is 0.615. The standard InChI is InChI=1S/C26H34N2O3/c1-16-24(17(2)31-28-16)15-30-23-6-4-19(5-7-23)11-25(29)27-18(3)26-12-20-8-21(13-26)10-22(9-20)14-26/h4-7,18,20-22H,8-15H2,1-3H3,(H,27,29). The number of aryl methyl sites for hydroxylation is 2. The average molecular weight is 423 g/mol. The zero-order valence-electron chi connectivity index (χ0n) is 18.9. The van der Waals surface area contributed by atoms with E-state index in [-0.39, 0.29) is 11.9 Å². The van der Waals surface area contributed by atoms with Gasteiger partial charge in [-0.05, 0) is 100 Å². The van der Waals surface area contributed by atoms with E-state index < -0.39 is 0 Å². The number of rotatable bonds is 7. The van der Waals surface area contributed by atoms with Crippen molar-refractivity contribution in [1.82, 2.24) is 10.5 Å². The molecule has 0 spiro atoms. The number of hydrogen-bond donors (Lipinski definition) is 1. The van der Waals surface area contributed by atoms with Crippen molar-refractivity contribution in [3.05, 3.63) is 46.8 Å². The molecule has 4 bridgehead atoms. The maximum atomic E-state index is 12.8. The van der Waals surface area contributed by atoms with Crippen LogP contribution in [0.25, 0.3) is 0 Å². The number of benzene rings is 1. The molecule has 0 saturated heterocycles. The van der Waals surface area contributed by atoms with E-state index in [0.717, 1.165) is 46.1 Å². The summed E-state index contributed by atoms with van der Waals surface area (Å²) in [5.41, 5.74) is 3.21. The molecular formula is C26H34N2O3. The number of aromatic nitrogens is 1. The normalized spacial score (nSPS) is 29.7. The average Bonchev–Trinajstić information content (AvgIpc) is 3.04. The SMILES string of the molecule is Cc1noc(C)c1COc1ccc(CC(=O)NC(C)C23CC4CC(CC(C4)C2)C3)cc1. The van der Waals surface area contributed by atoms with Crippen LogP contribution in [0.5, 0.6) is 5.75 Å². The maximum absolute atomic E-state index is 12.8. The van der Waals surface area contributed by atoms with Crippen LogP contribution in [0.2, 0.25) is 0 Å². The number of hydrogen-bond acceptors (Lipinski definition) is 4. The Morgan fingerprint density at radius 3 is 2.29 bits per heavy atom. The van der Waals surface area contributed by atoms with Gasteiger partial charge in [-0.15, -0.1) is 0 Å². The molecule has 4 fully saturated rings. The Balaban J connectivity index is 1.15. The Labute approximate surface area is 184 Å². The highest BCUT2D eigenvalue weighted by molar-refractivity contribution is 5.79. The molecule has 5 nitrogen and oxygen atoms in total. The molecule has 2 aromatic rings. The third-order valence-electron chi connectivity index (χ3n) is 8.23. The van der Waals surface area contributed by atoms with Gasteiger partial charge in [-0.1, -0.05) is 17.3 Å². The summed E-state index contributed by atoms with van der Waals surface area (Å²) in [6, 6.07) is 8.10. The zero-order chi connectivity index (χ0) is 21.6. The van der Waals surface area contributed by atoms with E-state index in [9.17, 15) is 4.79 Å². The lowest BCUT2D eigenvalue weighted by Crippen LogP contribution is -2.56. The van der Waals surface area contributed by atoms with Gasteiger partial charge in [0.1, 0.15) is 18.1 Å². The minimum absolute atomic E-state index is 0.132. The molecule has 31 heavy (non-hydrogen) atoms. The van der Waals surface area contributed by atoms with Crippen molar-refractivity contribution in [2.75, 3.05) is 0 Å². The molecule has 1 unspecified atom stereocenters. The highest BCUT2D eigenvalue weighted by Crippen LogP contribution is 2.61. The molecule has 1 aromatic heterocycles. The molecular weight excluding hydrogens is 388 g/mol. The Morgan fingerprint density at radius 1 is 1.13 bits per heavy atom. The summed E-state index contributed by atoms with van der Waals surface area (Å²) >= 11 is 0. The van der Waals surface area contributed by atoms with Gasteiger partial charge in [0.25, 0.3) is 0 Å². The number of nitrogens with one attached hydrogen (secondary N) is 1. The highest BCUT2D eigenvalue weighted by Gasteiger charge is 2.53. The van der Waals surface area contributed by atoms with Crippen LogP contribution in [0.1, 0.15) is 68.0 Å². The molecule has 0 aliphatic heterocycles. The largest absolute Gasteiger partial charge is 0.489 e. The number of ether oxygens (including phenoxy) is 1. The quantitative estimate of drug-likeness (QED) is 0.671. The fourth-order valence-corrected chi connectivity index (χ4v) is 6.91. The van der Waals surface area contributed by atoms with Gasteiger partial charge in [0.15, 0.2) is 0 Å². The van der Waals surface area contributed by atoms with Crippen molar-refractivity contribution in [3.8, 4) is 5.75 Å². The molecule has 1 heterocycles. The topological polar surface area (TPSA) is 64.4 Å². The smallest absolute Gasteiger partial charge is 0.224 e. The molecule has 1 amide bonds. The van der Waals surface area contributed by atoms with Crippen molar-refractivity contribution < 1.29 is 14.1 Å². The summed E-state index contributed by atoms with van der Waals surface area (Å²) in [6.45, 7) is 6.49. The van der Waals surface area contributed by atoms with Crippen molar-refractivity contribution >= 4 is 5.91 Å². The fourth-order valence-electron chi connectivity index (χ4n) is 6.91. The molecule has 1 aromatic carbocycles. The van der Waals surface area contributed by atoms with Gasteiger partial charge in [0, 0.05) is 6.04 Å². The van der Waals surface area contributed by atoms with Gasteiger partial charge in [-0.25, -0.2) is 0 Å². The van der Waals surface area contributed by atoms with Gasteiger partial charge in [0.05, 0.1) is 17.7 Å². The summed E-state index contributed by atoms with van der Waals surface area (Å²) in [6.07, 6.45) is 8.67. The second kappa shape index (κ2) is 7.99. The van der Waals surface area contributed by atoms with Gasteiger partial charge in [-0.3, -0.25) is 4.79 Å². The Hall–Kier alpha value is -2.30. The molecule has 1 atom stereocenters. The molecule has 6 rings (SSSR count). The number of nitrogens with zero attached hydrogens (tertiary/aromatic N) is 1.